The van der Waals surface area contributed by atoms with Gasteiger partial charge in [0.1, 0.15) is 19.3 Å². The first kappa shape index (κ1) is 81.1. The van der Waals surface area contributed by atoms with E-state index in [2.05, 4.69) is 55.4 Å². The summed E-state index contributed by atoms with van der Waals surface area (Å²) in [7, 11) is -9.89. The van der Waals surface area contributed by atoms with Gasteiger partial charge in [0.05, 0.1) is 26.4 Å². The Balaban J connectivity index is 5.23. The van der Waals surface area contributed by atoms with E-state index >= 15 is 0 Å². The van der Waals surface area contributed by atoms with E-state index in [4.69, 9.17) is 37.0 Å². The summed E-state index contributed by atoms with van der Waals surface area (Å²) >= 11 is 0. The predicted octanol–water partition coefficient (Wildman–Crippen LogP) is 17.4. The molecule has 5 atom stereocenters. The highest BCUT2D eigenvalue weighted by atomic mass is 31.2. The average molecular weight is 1230 g/mol. The Morgan fingerprint density at radius 2 is 0.506 bits per heavy atom. The number of ether oxygens (including phenoxy) is 4. The third-order valence-electron chi connectivity index (χ3n) is 14.6. The van der Waals surface area contributed by atoms with Gasteiger partial charge >= 0.3 is 39.5 Å². The molecule has 0 fully saturated rings. The van der Waals surface area contributed by atoms with Crippen LogP contribution in [0.3, 0.4) is 0 Å². The van der Waals surface area contributed by atoms with Crippen LogP contribution in [0.4, 0.5) is 0 Å². The molecular weight excluding hydrogens is 1100 g/mol. The molecule has 17 nitrogen and oxygen atoms in total. The normalized spacial score (nSPS) is 14.4. The maximum Gasteiger partial charge on any atom is 0.472 e. The van der Waals surface area contributed by atoms with Crippen LogP contribution < -0.4 is 0 Å². The molecule has 0 aromatic rings. The van der Waals surface area contributed by atoms with Crippen molar-refractivity contribution in [1.29, 1.82) is 0 Å². The Morgan fingerprint density at radius 1 is 0.301 bits per heavy atom. The minimum atomic E-state index is -4.94. The zero-order chi connectivity index (χ0) is 61.8. The molecule has 83 heavy (non-hydrogen) atoms. The number of hydrogen-bond donors (Lipinski definition) is 3. The number of phosphoric ester groups is 2. The van der Waals surface area contributed by atoms with Crippen molar-refractivity contribution in [3.8, 4) is 0 Å². The van der Waals surface area contributed by atoms with Gasteiger partial charge in [0, 0.05) is 25.7 Å². The number of hydrogen-bond acceptors (Lipinski definition) is 15. The third kappa shape index (κ3) is 58.8. The summed E-state index contributed by atoms with van der Waals surface area (Å²) in [4.78, 5) is 72.1. The van der Waals surface area contributed by atoms with Crippen LogP contribution in [-0.2, 0) is 65.4 Å². The molecule has 19 heteroatoms. The van der Waals surface area contributed by atoms with E-state index in [0.29, 0.717) is 37.5 Å². The molecule has 0 saturated carbocycles. The molecule has 0 aliphatic heterocycles. The van der Waals surface area contributed by atoms with E-state index in [1.54, 1.807) is 0 Å². The summed E-state index contributed by atoms with van der Waals surface area (Å²) < 4.78 is 67.9. The topological polar surface area (TPSA) is 237 Å². The second-order valence-electron chi connectivity index (χ2n) is 25.1. The first-order chi connectivity index (χ1) is 39.6. The van der Waals surface area contributed by atoms with Crippen LogP contribution in [0.5, 0.6) is 0 Å². The van der Waals surface area contributed by atoms with Crippen molar-refractivity contribution in [1.82, 2.24) is 0 Å². The fraction of sp³-hybridized carbons (Fsp3) is 0.938. The molecule has 0 aliphatic rings. The molecule has 0 aliphatic carbocycles. The molecular formula is C64H124O17P2. The Kier molecular flexibility index (Phi) is 53.0. The number of carbonyl (C=O) groups excluding carboxylic acids is 4. The Hall–Kier alpha value is -1.94. The maximum absolute atomic E-state index is 13.0. The summed E-state index contributed by atoms with van der Waals surface area (Å²) in [6, 6.07) is 0. The fourth-order valence-corrected chi connectivity index (χ4v) is 11.0. The SMILES string of the molecule is CC(C)CCCCCCCCCCCCCC(=O)O[C@H](COC(=O)CCCCCCCCC(C)C)COP(=O)(O)OC[C@H](O)COP(=O)(O)OC[C@@H](COC(=O)CCCCCCCCCCC(C)C)OC(=O)CCCCCCCCC(C)C. The first-order valence-electron chi connectivity index (χ1n) is 33.2. The second-order valence-corrected chi connectivity index (χ2v) is 28.0. The van der Waals surface area contributed by atoms with Gasteiger partial charge in [-0.2, -0.15) is 0 Å². The van der Waals surface area contributed by atoms with Crippen molar-refractivity contribution in [3.05, 3.63) is 0 Å². The lowest BCUT2D eigenvalue weighted by Gasteiger charge is -2.21. The lowest BCUT2D eigenvalue weighted by atomic mass is 10.0. The fourth-order valence-electron chi connectivity index (χ4n) is 9.43. The molecule has 0 saturated heterocycles. The van der Waals surface area contributed by atoms with Gasteiger partial charge in [0.2, 0.25) is 0 Å². The molecule has 3 N–H and O–H groups in total. The lowest BCUT2D eigenvalue weighted by Crippen LogP contribution is -2.30. The summed E-state index contributed by atoms with van der Waals surface area (Å²) in [5.41, 5.74) is 0. The summed E-state index contributed by atoms with van der Waals surface area (Å²) in [5.74, 6) is 0.696. The van der Waals surface area contributed by atoms with Gasteiger partial charge in [-0.15, -0.1) is 0 Å². The van der Waals surface area contributed by atoms with Gasteiger partial charge in [-0.3, -0.25) is 37.3 Å². The van der Waals surface area contributed by atoms with E-state index in [-0.39, 0.29) is 25.7 Å². The van der Waals surface area contributed by atoms with E-state index < -0.39 is 97.5 Å². The number of carbonyl (C=O) groups is 4. The highest BCUT2D eigenvalue weighted by Gasteiger charge is 2.30. The van der Waals surface area contributed by atoms with Crippen molar-refractivity contribution < 1.29 is 80.2 Å². The highest BCUT2D eigenvalue weighted by Crippen LogP contribution is 2.45. The Labute approximate surface area is 505 Å². The van der Waals surface area contributed by atoms with E-state index in [1.165, 1.54) is 103 Å². The van der Waals surface area contributed by atoms with Crippen LogP contribution in [0.25, 0.3) is 0 Å². The maximum atomic E-state index is 13.0. The van der Waals surface area contributed by atoms with E-state index in [9.17, 15) is 43.2 Å². The number of unbranched alkanes of at least 4 members (excludes halogenated alkanes) is 27. The van der Waals surface area contributed by atoms with Crippen molar-refractivity contribution in [2.75, 3.05) is 39.6 Å². The van der Waals surface area contributed by atoms with Crippen LogP contribution in [0, 0.1) is 23.7 Å². The molecule has 0 bridgehead atoms. The smallest absolute Gasteiger partial charge is 0.462 e. The molecule has 0 spiro atoms. The number of phosphoric acid groups is 2. The van der Waals surface area contributed by atoms with E-state index in [0.717, 1.165) is 108 Å². The largest absolute Gasteiger partial charge is 0.472 e. The molecule has 0 heterocycles. The van der Waals surface area contributed by atoms with Crippen molar-refractivity contribution >= 4 is 39.5 Å². The predicted molar refractivity (Wildman–Crippen MR) is 331 cm³/mol. The van der Waals surface area contributed by atoms with Crippen LogP contribution in [0.2, 0.25) is 0 Å². The van der Waals surface area contributed by atoms with Gasteiger partial charge in [-0.05, 0) is 49.4 Å². The molecule has 0 amide bonds. The average Bonchev–Trinajstić information content (AvgIpc) is 3.43. The minimum absolute atomic E-state index is 0.101. The third-order valence-corrected chi connectivity index (χ3v) is 16.5. The zero-order valence-electron chi connectivity index (χ0n) is 53.8. The number of aliphatic hydroxyl groups is 1. The molecule has 0 rings (SSSR count). The van der Waals surface area contributed by atoms with Gasteiger partial charge in [0.25, 0.3) is 0 Å². The molecule has 0 radical (unpaired) electrons. The van der Waals surface area contributed by atoms with Crippen molar-refractivity contribution in [3.63, 3.8) is 0 Å². The lowest BCUT2D eigenvalue weighted by molar-refractivity contribution is -0.161. The van der Waals surface area contributed by atoms with Crippen molar-refractivity contribution in [2.45, 2.75) is 324 Å². The highest BCUT2D eigenvalue weighted by molar-refractivity contribution is 7.47. The minimum Gasteiger partial charge on any atom is -0.462 e. The standard InChI is InChI=1S/C64H124O17P2/c1-54(2)40-32-24-16-12-10-9-11-13-19-30-38-46-63(68)80-59(51-75-62(67)45-37-29-22-20-26-34-42-56(5)6)52-78-82(70,71)76-48-58(65)49-77-83(72,73)79-53-60(81-64(69)47-39-31-23-21-27-35-43-57(7)8)50-74-61(66)44-36-28-18-15-14-17-25-33-41-55(3)4/h54-60,65H,9-53H2,1-8H3,(H,70,71)(H,72,73)/t58-,59+,60+/m0/s1. The first-order valence-corrected chi connectivity index (χ1v) is 36.2. The zero-order valence-corrected chi connectivity index (χ0v) is 55.6. The number of esters is 4. The summed E-state index contributed by atoms with van der Waals surface area (Å²) in [5, 5.41) is 10.5. The summed E-state index contributed by atoms with van der Waals surface area (Å²) in [6.45, 7) is 13.9. The van der Waals surface area contributed by atoms with Crippen LogP contribution >= 0.6 is 15.6 Å². The summed E-state index contributed by atoms with van der Waals surface area (Å²) in [6.07, 6.45) is 33.8. The Morgan fingerprint density at radius 3 is 0.747 bits per heavy atom. The van der Waals surface area contributed by atoms with Gasteiger partial charge in [0.15, 0.2) is 12.2 Å². The van der Waals surface area contributed by atoms with Crippen LogP contribution in [0.1, 0.15) is 306 Å². The second kappa shape index (κ2) is 54.2. The number of aliphatic hydroxyl groups excluding tert-OH is 1. The van der Waals surface area contributed by atoms with Crippen LogP contribution in [-0.4, -0.2) is 96.7 Å². The number of rotatable bonds is 61. The quantitative estimate of drug-likeness (QED) is 0.0222. The van der Waals surface area contributed by atoms with E-state index in [1.807, 2.05) is 0 Å². The molecule has 0 aromatic heterocycles. The van der Waals surface area contributed by atoms with Gasteiger partial charge in [-0.25, -0.2) is 9.13 Å². The molecule has 492 valence electrons. The molecule has 2 unspecified atom stereocenters. The Bertz CT molecular complexity index is 1660. The van der Waals surface area contributed by atoms with Gasteiger partial charge in [-0.1, -0.05) is 254 Å². The van der Waals surface area contributed by atoms with Crippen LogP contribution in [0.15, 0.2) is 0 Å². The van der Waals surface area contributed by atoms with Gasteiger partial charge < -0.3 is 33.8 Å². The van der Waals surface area contributed by atoms with Crippen molar-refractivity contribution in [2.24, 2.45) is 23.7 Å². The monoisotopic (exact) mass is 1230 g/mol. The molecule has 0 aromatic carbocycles.